The largest absolute Gasteiger partial charge is 0.444 e. The summed E-state index contributed by atoms with van der Waals surface area (Å²) in [5.41, 5.74) is -0.457. The molecule has 0 saturated carbocycles. The lowest BCUT2D eigenvalue weighted by atomic mass is 10.2. The molecule has 5 nitrogen and oxygen atoms in total. The maximum Gasteiger partial charge on any atom is 0.407 e. The second-order valence-electron chi connectivity index (χ2n) is 5.00. The van der Waals surface area contributed by atoms with Crippen LogP contribution in [0.25, 0.3) is 0 Å². The minimum atomic E-state index is -0.457. The van der Waals surface area contributed by atoms with Crippen molar-refractivity contribution in [3.63, 3.8) is 0 Å². The summed E-state index contributed by atoms with van der Waals surface area (Å²) in [6, 6.07) is 0. The predicted octanol–water partition coefficient (Wildman–Crippen LogP) is 1.73. The van der Waals surface area contributed by atoms with E-state index in [1.165, 1.54) is 0 Å². The molecule has 0 aromatic heterocycles. The molecule has 18 heavy (non-hydrogen) atoms. The molecule has 2 N–H and O–H groups in total. The van der Waals surface area contributed by atoms with Crippen molar-refractivity contribution >= 4 is 24.6 Å². The smallest absolute Gasteiger partial charge is 0.407 e. The van der Waals surface area contributed by atoms with Crippen molar-refractivity contribution in [1.82, 2.24) is 10.6 Å². The maximum atomic E-state index is 11.3. The van der Waals surface area contributed by atoms with E-state index in [2.05, 4.69) is 23.3 Å². The highest BCUT2D eigenvalue weighted by atomic mass is 32.1. The van der Waals surface area contributed by atoms with Crippen LogP contribution in [0, 0.1) is 0 Å². The van der Waals surface area contributed by atoms with Crippen LogP contribution in [0.3, 0.4) is 0 Å². The summed E-state index contributed by atoms with van der Waals surface area (Å²) in [4.78, 5) is 22.1. The fourth-order valence-electron chi connectivity index (χ4n) is 1.22. The van der Waals surface area contributed by atoms with Crippen LogP contribution in [0.15, 0.2) is 0 Å². The molecule has 0 aliphatic rings. The van der Waals surface area contributed by atoms with Crippen LogP contribution in [0.1, 0.15) is 40.0 Å². The van der Waals surface area contributed by atoms with Gasteiger partial charge < -0.3 is 15.4 Å². The molecule has 2 amide bonds. The second kappa shape index (κ2) is 9.08. The van der Waals surface area contributed by atoms with Crippen LogP contribution in [0.2, 0.25) is 0 Å². The van der Waals surface area contributed by atoms with Crippen LogP contribution >= 0.6 is 12.6 Å². The third-order valence-electron chi connectivity index (χ3n) is 1.99. The van der Waals surface area contributed by atoms with E-state index in [0.29, 0.717) is 13.1 Å². The molecule has 0 aromatic rings. The monoisotopic (exact) mass is 276 g/mol. The van der Waals surface area contributed by atoms with Gasteiger partial charge in [0.05, 0.1) is 5.75 Å². The van der Waals surface area contributed by atoms with Gasteiger partial charge in [0.2, 0.25) is 5.91 Å². The van der Waals surface area contributed by atoms with Crippen molar-refractivity contribution in [2.75, 3.05) is 18.8 Å². The highest BCUT2D eigenvalue weighted by Gasteiger charge is 2.15. The Morgan fingerprint density at radius 3 is 2.11 bits per heavy atom. The molecule has 0 aromatic carbocycles. The van der Waals surface area contributed by atoms with Gasteiger partial charge in [-0.3, -0.25) is 4.79 Å². The number of unbranched alkanes of at least 4 members (excludes halogenated alkanes) is 2. The zero-order valence-electron chi connectivity index (χ0n) is 11.4. The van der Waals surface area contributed by atoms with Crippen LogP contribution in [0.5, 0.6) is 0 Å². The van der Waals surface area contributed by atoms with E-state index in [-0.39, 0.29) is 17.8 Å². The molecule has 0 bridgehead atoms. The SMILES string of the molecule is CC(C)(C)OC(=O)NCCCCCNC(=O)CS. The number of amides is 2. The Labute approximate surface area is 114 Å². The van der Waals surface area contributed by atoms with Crippen molar-refractivity contribution in [3.8, 4) is 0 Å². The first-order chi connectivity index (χ1) is 8.35. The van der Waals surface area contributed by atoms with Gasteiger partial charge in [0.25, 0.3) is 0 Å². The summed E-state index contributed by atoms with van der Waals surface area (Å²) in [6.45, 7) is 6.74. The Kier molecular flexibility index (Phi) is 8.62. The molecule has 0 saturated heterocycles. The molecule has 6 heteroatoms. The van der Waals surface area contributed by atoms with Gasteiger partial charge in [0.15, 0.2) is 0 Å². The van der Waals surface area contributed by atoms with Crippen molar-refractivity contribution < 1.29 is 14.3 Å². The highest BCUT2D eigenvalue weighted by molar-refractivity contribution is 7.81. The first-order valence-electron chi connectivity index (χ1n) is 6.19. The summed E-state index contributed by atoms with van der Waals surface area (Å²) < 4.78 is 5.10. The van der Waals surface area contributed by atoms with E-state index in [9.17, 15) is 9.59 Å². The number of nitrogens with one attached hydrogen (secondary N) is 2. The van der Waals surface area contributed by atoms with E-state index in [1.807, 2.05) is 20.8 Å². The van der Waals surface area contributed by atoms with Gasteiger partial charge in [0, 0.05) is 13.1 Å². The zero-order chi connectivity index (χ0) is 14.0. The van der Waals surface area contributed by atoms with Crippen molar-refractivity contribution in [2.45, 2.75) is 45.6 Å². The average Bonchev–Trinajstić information content (AvgIpc) is 2.25. The number of hydrogen-bond acceptors (Lipinski definition) is 4. The van der Waals surface area contributed by atoms with E-state index in [4.69, 9.17) is 4.74 Å². The molecule has 0 aliphatic heterocycles. The van der Waals surface area contributed by atoms with Gasteiger partial charge in [0.1, 0.15) is 5.60 Å². The topological polar surface area (TPSA) is 67.4 Å². The Bertz CT molecular complexity index is 265. The first kappa shape index (κ1) is 17.1. The number of hydrogen-bond donors (Lipinski definition) is 3. The lowest BCUT2D eigenvalue weighted by molar-refractivity contribution is -0.118. The third kappa shape index (κ3) is 11.6. The molecule has 0 radical (unpaired) electrons. The van der Waals surface area contributed by atoms with Gasteiger partial charge in [-0.25, -0.2) is 4.79 Å². The second-order valence-corrected chi connectivity index (χ2v) is 5.31. The summed E-state index contributed by atoms with van der Waals surface area (Å²) >= 11 is 3.86. The molecule has 0 spiro atoms. The minimum absolute atomic E-state index is 0.0507. The number of alkyl carbamates (subject to hydrolysis) is 1. The molecule has 0 unspecified atom stereocenters. The van der Waals surface area contributed by atoms with Crippen LogP contribution < -0.4 is 10.6 Å². The van der Waals surface area contributed by atoms with Crippen LogP contribution in [-0.4, -0.2) is 36.4 Å². The fourth-order valence-corrected chi connectivity index (χ4v) is 1.33. The highest BCUT2D eigenvalue weighted by Crippen LogP contribution is 2.06. The van der Waals surface area contributed by atoms with Gasteiger partial charge in [-0.15, -0.1) is 0 Å². The molecular formula is C12H24N2O3S. The Morgan fingerprint density at radius 2 is 1.61 bits per heavy atom. The maximum absolute atomic E-state index is 11.3. The van der Waals surface area contributed by atoms with Crippen LogP contribution in [-0.2, 0) is 9.53 Å². The number of ether oxygens (including phenoxy) is 1. The molecule has 106 valence electrons. The van der Waals surface area contributed by atoms with Gasteiger partial charge in [-0.2, -0.15) is 12.6 Å². The summed E-state index contributed by atoms with van der Waals surface area (Å²) in [6.07, 6.45) is 2.33. The third-order valence-corrected chi connectivity index (χ3v) is 2.27. The normalized spacial score (nSPS) is 10.9. The van der Waals surface area contributed by atoms with Crippen molar-refractivity contribution in [2.24, 2.45) is 0 Å². The molecule has 0 atom stereocenters. The van der Waals surface area contributed by atoms with Crippen molar-refractivity contribution in [3.05, 3.63) is 0 Å². The average molecular weight is 276 g/mol. The minimum Gasteiger partial charge on any atom is -0.444 e. The number of carbonyl (C=O) groups excluding carboxylic acids is 2. The lowest BCUT2D eigenvalue weighted by Gasteiger charge is -2.19. The Balaban J connectivity index is 3.35. The number of thiol groups is 1. The number of rotatable bonds is 7. The number of carbonyl (C=O) groups is 2. The van der Waals surface area contributed by atoms with Crippen LogP contribution in [0.4, 0.5) is 4.79 Å². The van der Waals surface area contributed by atoms with Gasteiger partial charge >= 0.3 is 6.09 Å². The lowest BCUT2D eigenvalue weighted by Crippen LogP contribution is -2.33. The summed E-state index contributed by atoms with van der Waals surface area (Å²) in [7, 11) is 0. The first-order valence-corrected chi connectivity index (χ1v) is 6.83. The van der Waals surface area contributed by atoms with E-state index >= 15 is 0 Å². The van der Waals surface area contributed by atoms with Gasteiger partial charge in [-0.1, -0.05) is 0 Å². The zero-order valence-corrected chi connectivity index (χ0v) is 12.3. The van der Waals surface area contributed by atoms with E-state index < -0.39 is 5.60 Å². The molecule has 0 fully saturated rings. The molecule has 0 heterocycles. The van der Waals surface area contributed by atoms with E-state index in [0.717, 1.165) is 19.3 Å². The Morgan fingerprint density at radius 1 is 1.06 bits per heavy atom. The summed E-state index contributed by atoms with van der Waals surface area (Å²) in [5, 5.41) is 5.43. The molecule has 0 rings (SSSR count). The van der Waals surface area contributed by atoms with Crippen molar-refractivity contribution in [1.29, 1.82) is 0 Å². The predicted molar refractivity (Wildman–Crippen MR) is 75.0 cm³/mol. The summed E-state index contributed by atoms with van der Waals surface area (Å²) in [5.74, 6) is 0.172. The Hall–Kier alpha value is -0.910. The van der Waals surface area contributed by atoms with E-state index in [1.54, 1.807) is 0 Å². The van der Waals surface area contributed by atoms with Gasteiger partial charge in [-0.05, 0) is 40.0 Å². The quantitative estimate of drug-likeness (QED) is 0.490. The standard InChI is InChI=1S/C12H24N2O3S/c1-12(2,3)17-11(16)14-8-6-4-5-7-13-10(15)9-18/h18H,4-9H2,1-3H3,(H,13,15)(H,14,16). The fraction of sp³-hybridized carbons (Fsp3) is 0.833. The molecule has 0 aliphatic carbocycles. The molecular weight excluding hydrogens is 252 g/mol.